The highest BCUT2D eigenvalue weighted by atomic mass is 16.4. The van der Waals surface area contributed by atoms with Gasteiger partial charge in [-0.15, -0.1) is 0 Å². The number of carboxylic acids is 1. The third-order valence-corrected chi connectivity index (χ3v) is 3.80. The highest BCUT2D eigenvalue weighted by molar-refractivity contribution is 5.76. The van der Waals surface area contributed by atoms with Crippen molar-refractivity contribution in [1.82, 2.24) is 4.90 Å². The van der Waals surface area contributed by atoms with Gasteiger partial charge in [-0.2, -0.15) is 0 Å². The summed E-state index contributed by atoms with van der Waals surface area (Å²) in [4.78, 5) is 24.1. The van der Waals surface area contributed by atoms with Crippen LogP contribution in [0.5, 0.6) is 0 Å². The second-order valence-corrected chi connectivity index (χ2v) is 5.33. The second kappa shape index (κ2) is 6.03. The first-order valence-corrected chi connectivity index (χ1v) is 6.46. The molecule has 0 aromatic carbocycles. The molecule has 1 aliphatic heterocycles. The molecule has 17 heavy (non-hydrogen) atoms. The smallest absolute Gasteiger partial charge is 0.303 e. The van der Waals surface area contributed by atoms with Gasteiger partial charge < -0.3 is 10.0 Å². The average Bonchev–Trinajstić information content (AvgIpc) is 2.68. The molecule has 0 radical (unpaired) electrons. The van der Waals surface area contributed by atoms with E-state index in [0.717, 1.165) is 25.9 Å². The molecule has 0 bridgehead atoms. The molecule has 1 rings (SSSR count). The number of aliphatic carboxylic acids is 1. The minimum Gasteiger partial charge on any atom is -0.481 e. The molecule has 0 aromatic rings. The van der Waals surface area contributed by atoms with Crippen LogP contribution in [-0.2, 0) is 9.59 Å². The summed E-state index contributed by atoms with van der Waals surface area (Å²) in [6.45, 7) is 6.12. The SMILES string of the molecule is CCC1(C)CCN(C(=O)CCCCC(=O)O)C1. The normalized spacial score (nSPS) is 24.0. The van der Waals surface area contributed by atoms with Crippen LogP contribution in [0.2, 0.25) is 0 Å². The highest BCUT2D eigenvalue weighted by Crippen LogP contribution is 2.33. The molecule has 1 fully saturated rings. The average molecular weight is 241 g/mol. The van der Waals surface area contributed by atoms with Gasteiger partial charge in [0.1, 0.15) is 0 Å². The van der Waals surface area contributed by atoms with Crippen LogP contribution in [0.15, 0.2) is 0 Å². The molecule has 1 unspecified atom stereocenters. The summed E-state index contributed by atoms with van der Waals surface area (Å²) in [5.74, 6) is -0.593. The van der Waals surface area contributed by atoms with E-state index >= 15 is 0 Å². The fraction of sp³-hybridized carbons (Fsp3) is 0.846. The maximum absolute atomic E-state index is 11.9. The van der Waals surface area contributed by atoms with Gasteiger partial charge in [0, 0.05) is 25.9 Å². The van der Waals surface area contributed by atoms with Gasteiger partial charge in [-0.05, 0) is 31.1 Å². The lowest BCUT2D eigenvalue weighted by Crippen LogP contribution is -2.30. The first-order valence-electron chi connectivity index (χ1n) is 6.46. The monoisotopic (exact) mass is 241 g/mol. The topological polar surface area (TPSA) is 57.6 Å². The van der Waals surface area contributed by atoms with E-state index < -0.39 is 5.97 Å². The van der Waals surface area contributed by atoms with Crippen LogP contribution in [0.3, 0.4) is 0 Å². The summed E-state index contributed by atoms with van der Waals surface area (Å²) in [6.07, 6.45) is 4.14. The van der Waals surface area contributed by atoms with Crippen molar-refractivity contribution in [3.05, 3.63) is 0 Å². The number of nitrogens with zero attached hydrogens (tertiary/aromatic N) is 1. The van der Waals surface area contributed by atoms with E-state index in [1.165, 1.54) is 0 Å². The second-order valence-electron chi connectivity index (χ2n) is 5.33. The van der Waals surface area contributed by atoms with Gasteiger partial charge in [-0.25, -0.2) is 0 Å². The Balaban J connectivity index is 2.23. The van der Waals surface area contributed by atoms with E-state index in [9.17, 15) is 9.59 Å². The van der Waals surface area contributed by atoms with Crippen molar-refractivity contribution in [3.63, 3.8) is 0 Å². The Morgan fingerprint density at radius 2 is 1.94 bits per heavy atom. The van der Waals surface area contributed by atoms with Crippen LogP contribution < -0.4 is 0 Å². The van der Waals surface area contributed by atoms with Gasteiger partial charge in [-0.1, -0.05) is 13.8 Å². The van der Waals surface area contributed by atoms with E-state index in [2.05, 4.69) is 13.8 Å². The first kappa shape index (κ1) is 14.0. The number of amides is 1. The zero-order chi connectivity index (χ0) is 12.9. The minimum atomic E-state index is -0.780. The Bertz CT molecular complexity index is 290. The quantitative estimate of drug-likeness (QED) is 0.726. The third-order valence-electron chi connectivity index (χ3n) is 3.80. The van der Waals surface area contributed by atoms with Gasteiger partial charge in [0.05, 0.1) is 0 Å². The predicted octanol–water partition coefficient (Wildman–Crippen LogP) is 2.28. The zero-order valence-corrected chi connectivity index (χ0v) is 10.9. The molecular weight excluding hydrogens is 218 g/mol. The number of hydrogen-bond donors (Lipinski definition) is 1. The van der Waals surface area contributed by atoms with Crippen LogP contribution in [0, 0.1) is 5.41 Å². The fourth-order valence-electron chi connectivity index (χ4n) is 2.24. The van der Waals surface area contributed by atoms with Crippen molar-refractivity contribution in [1.29, 1.82) is 0 Å². The number of unbranched alkanes of at least 4 members (excludes halogenated alkanes) is 1. The molecule has 4 heteroatoms. The number of carbonyl (C=O) groups excluding carboxylic acids is 1. The molecular formula is C13H23NO3. The summed E-state index contributed by atoms with van der Waals surface area (Å²) in [6, 6.07) is 0. The Kier molecular flexibility index (Phi) is 4.97. The maximum atomic E-state index is 11.9. The van der Waals surface area contributed by atoms with E-state index in [4.69, 9.17) is 5.11 Å². The van der Waals surface area contributed by atoms with Crippen molar-refractivity contribution in [2.45, 2.75) is 52.4 Å². The molecule has 4 nitrogen and oxygen atoms in total. The summed E-state index contributed by atoms with van der Waals surface area (Å²) < 4.78 is 0. The summed E-state index contributed by atoms with van der Waals surface area (Å²) in [5, 5.41) is 8.50. The van der Waals surface area contributed by atoms with Gasteiger partial charge >= 0.3 is 5.97 Å². The van der Waals surface area contributed by atoms with Gasteiger partial charge in [0.15, 0.2) is 0 Å². The van der Waals surface area contributed by atoms with Crippen LogP contribution in [-0.4, -0.2) is 35.0 Å². The van der Waals surface area contributed by atoms with E-state index in [1.54, 1.807) is 0 Å². The Morgan fingerprint density at radius 1 is 1.29 bits per heavy atom. The van der Waals surface area contributed by atoms with Gasteiger partial charge in [0.2, 0.25) is 5.91 Å². The van der Waals surface area contributed by atoms with Crippen molar-refractivity contribution >= 4 is 11.9 Å². The van der Waals surface area contributed by atoms with Crippen LogP contribution in [0.25, 0.3) is 0 Å². The summed E-state index contributed by atoms with van der Waals surface area (Å²) >= 11 is 0. The predicted molar refractivity (Wildman–Crippen MR) is 65.7 cm³/mol. The summed E-state index contributed by atoms with van der Waals surface area (Å²) in [7, 11) is 0. The molecule has 1 saturated heterocycles. The lowest BCUT2D eigenvalue weighted by molar-refractivity contribution is -0.137. The van der Waals surface area contributed by atoms with E-state index in [0.29, 0.717) is 19.3 Å². The summed E-state index contributed by atoms with van der Waals surface area (Å²) in [5.41, 5.74) is 0.288. The van der Waals surface area contributed by atoms with E-state index in [-0.39, 0.29) is 17.7 Å². The Labute approximate surface area is 103 Å². The van der Waals surface area contributed by atoms with Crippen LogP contribution in [0.1, 0.15) is 52.4 Å². The van der Waals surface area contributed by atoms with Crippen molar-refractivity contribution < 1.29 is 14.7 Å². The van der Waals surface area contributed by atoms with Crippen molar-refractivity contribution in [2.24, 2.45) is 5.41 Å². The van der Waals surface area contributed by atoms with E-state index in [1.807, 2.05) is 4.90 Å². The number of carbonyl (C=O) groups is 2. The largest absolute Gasteiger partial charge is 0.481 e. The molecule has 1 N–H and O–H groups in total. The molecule has 0 aromatic heterocycles. The third kappa shape index (κ3) is 4.36. The molecule has 0 spiro atoms. The number of carboxylic acid groups (broad SMARTS) is 1. The minimum absolute atomic E-state index is 0.167. The molecule has 1 aliphatic rings. The Hall–Kier alpha value is -1.06. The molecule has 1 amide bonds. The number of rotatable bonds is 6. The lowest BCUT2D eigenvalue weighted by atomic mass is 9.87. The van der Waals surface area contributed by atoms with Crippen molar-refractivity contribution in [3.8, 4) is 0 Å². The fourth-order valence-corrected chi connectivity index (χ4v) is 2.24. The number of likely N-dealkylation sites (tertiary alicyclic amines) is 1. The highest BCUT2D eigenvalue weighted by Gasteiger charge is 2.33. The van der Waals surface area contributed by atoms with Crippen LogP contribution >= 0.6 is 0 Å². The van der Waals surface area contributed by atoms with Crippen LogP contribution in [0.4, 0.5) is 0 Å². The maximum Gasteiger partial charge on any atom is 0.303 e. The van der Waals surface area contributed by atoms with Gasteiger partial charge in [-0.3, -0.25) is 9.59 Å². The zero-order valence-electron chi connectivity index (χ0n) is 10.9. The van der Waals surface area contributed by atoms with Gasteiger partial charge in [0.25, 0.3) is 0 Å². The molecule has 0 saturated carbocycles. The number of hydrogen-bond acceptors (Lipinski definition) is 2. The molecule has 1 atom stereocenters. The standard InChI is InChI=1S/C13H23NO3/c1-3-13(2)8-9-14(10-13)11(15)6-4-5-7-12(16)17/h3-10H2,1-2H3,(H,16,17). The lowest BCUT2D eigenvalue weighted by Gasteiger charge is -2.22. The molecule has 0 aliphatic carbocycles. The Morgan fingerprint density at radius 3 is 2.47 bits per heavy atom. The van der Waals surface area contributed by atoms with Crippen molar-refractivity contribution in [2.75, 3.05) is 13.1 Å². The molecule has 98 valence electrons. The molecule has 1 heterocycles. The first-order chi connectivity index (χ1) is 7.97.